The largest absolute Gasteiger partial charge is 0.456 e. The van der Waals surface area contributed by atoms with Crippen LogP contribution in [0.5, 0.6) is 11.5 Å². The van der Waals surface area contributed by atoms with Crippen LogP contribution >= 0.6 is 0 Å². The summed E-state index contributed by atoms with van der Waals surface area (Å²) >= 11 is 0. The standard InChI is InChI=1S/C42H28N2O/c1-5-14-31(15-6-1)43(32-16-7-2-8-17-32)35-26-29-24-25-30-27-37(44(33-18-9-3-10-19-33)34-20-11-4-12-21-34)36-22-13-23-38-42(36)41(30)40(29)39(28-35)45-38/h1-28H. The number of para-hydroxylation sites is 4. The number of benzene rings is 8. The summed E-state index contributed by atoms with van der Waals surface area (Å²) in [6.07, 6.45) is 0. The molecule has 0 aromatic heterocycles. The lowest BCUT2D eigenvalue weighted by Gasteiger charge is -2.30. The Morgan fingerprint density at radius 3 is 1.40 bits per heavy atom. The quantitative estimate of drug-likeness (QED) is 0.183. The maximum absolute atomic E-state index is 6.85. The average Bonchev–Trinajstić information content (AvgIpc) is 3.10. The summed E-state index contributed by atoms with van der Waals surface area (Å²) in [5, 5.41) is 7.04. The van der Waals surface area contributed by atoms with Crippen LogP contribution in [0, 0.1) is 0 Å². The van der Waals surface area contributed by atoms with E-state index in [4.69, 9.17) is 4.74 Å². The first-order valence-electron chi connectivity index (χ1n) is 15.3. The van der Waals surface area contributed by atoms with Gasteiger partial charge in [0.2, 0.25) is 0 Å². The third kappa shape index (κ3) is 4.13. The van der Waals surface area contributed by atoms with Crippen LogP contribution in [0.3, 0.4) is 0 Å². The number of nitrogens with zero attached hydrogens (tertiary/aromatic N) is 2. The molecule has 8 aromatic carbocycles. The molecule has 0 aliphatic carbocycles. The molecule has 3 heteroatoms. The average molecular weight is 577 g/mol. The molecule has 3 nitrogen and oxygen atoms in total. The minimum atomic E-state index is 0.876. The van der Waals surface area contributed by atoms with Gasteiger partial charge in [-0.1, -0.05) is 97.1 Å². The molecule has 1 aliphatic heterocycles. The molecule has 0 saturated heterocycles. The van der Waals surface area contributed by atoms with Gasteiger partial charge in [-0.2, -0.15) is 0 Å². The summed E-state index contributed by atoms with van der Waals surface area (Å²) in [7, 11) is 0. The third-order valence-electron chi connectivity index (χ3n) is 8.72. The van der Waals surface area contributed by atoms with Crippen molar-refractivity contribution in [3.05, 3.63) is 170 Å². The van der Waals surface area contributed by atoms with E-state index in [1.54, 1.807) is 0 Å². The zero-order valence-corrected chi connectivity index (χ0v) is 24.5. The highest BCUT2D eigenvalue weighted by molar-refractivity contribution is 6.28. The second-order valence-electron chi connectivity index (χ2n) is 11.4. The van der Waals surface area contributed by atoms with E-state index >= 15 is 0 Å². The van der Waals surface area contributed by atoms with Gasteiger partial charge in [0.05, 0.1) is 11.4 Å². The zero-order valence-electron chi connectivity index (χ0n) is 24.5. The van der Waals surface area contributed by atoms with Crippen molar-refractivity contribution in [3.63, 3.8) is 0 Å². The van der Waals surface area contributed by atoms with E-state index in [9.17, 15) is 0 Å². The Morgan fingerprint density at radius 1 is 0.333 bits per heavy atom. The summed E-state index contributed by atoms with van der Waals surface area (Å²) in [5.74, 6) is 1.75. The third-order valence-corrected chi connectivity index (χ3v) is 8.72. The fourth-order valence-corrected chi connectivity index (χ4v) is 6.83. The van der Waals surface area contributed by atoms with Gasteiger partial charge in [-0.05, 0) is 77.5 Å². The molecular formula is C42H28N2O. The van der Waals surface area contributed by atoms with E-state index in [1.807, 2.05) is 0 Å². The number of hydrogen-bond acceptors (Lipinski definition) is 3. The lowest BCUT2D eigenvalue weighted by Crippen LogP contribution is -2.11. The van der Waals surface area contributed by atoms with Gasteiger partial charge in [0.25, 0.3) is 0 Å². The molecule has 0 N–H and O–H groups in total. The van der Waals surface area contributed by atoms with Crippen LogP contribution in [0.25, 0.3) is 32.3 Å². The number of hydrogen-bond donors (Lipinski definition) is 0. The summed E-state index contributed by atoms with van der Waals surface area (Å²) in [4.78, 5) is 4.64. The van der Waals surface area contributed by atoms with Gasteiger partial charge in [0, 0.05) is 50.4 Å². The van der Waals surface area contributed by atoms with Gasteiger partial charge in [0.1, 0.15) is 11.5 Å². The van der Waals surface area contributed by atoms with Gasteiger partial charge in [0.15, 0.2) is 0 Å². The first kappa shape index (κ1) is 25.4. The van der Waals surface area contributed by atoms with Gasteiger partial charge in [-0.25, -0.2) is 0 Å². The second-order valence-corrected chi connectivity index (χ2v) is 11.4. The van der Waals surface area contributed by atoms with Crippen LogP contribution in [-0.4, -0.2) is 0 Å². The molecule has 0 atom stereocenters. The molecular weight excluding hydrogens is 548 g/mol. The number of ether oxygens (including phenoxy) is 1. The summed E-state index contributed by atoms with van der Waals surface area (Å²) in [5.41, 5.74) is 6.60. The van der Waals surface area contributed by atoms with E-state index in [2.05, 4.69) is 180 Å². The number of rotatable bonds is 6. The normalized spacial score (nSPS) is 11.7. The predicted molar refractivity (Wildman–Crippen MR) is 188 cm³/mol. The molecule has 0 spiro atoms. The molecule has 0 fully saturated rings. The molecule has 0 unspecified atom stereocenters. The van der Waals surface area contributed by atoms with Crippen LogP contribution in [0.1, 0.15) is 0 Å². The Balaban J connectivity index is 1.31. The van der Waals surface area contributed by atoms with E-state index in [0.717, 1.165) is 67.2 Å². The summed E-state index contributed by atoms with van der Waals surface area (Å²) in [6.45, 7) is 0. The first-order chi connectivity index (χ1) is 22.3. The van der Waals surface area contributed by atoms with Gasteiger partial charge in [-0.3, -0.25) is 0 Å². The molecule has 45 heavy (non-hydrogen) atoms. The van der Waals surface area contributed by atoms with Crippen LogP contribution < -0.4 is 14.5 Å². The molecule has 8 aromatic rings. The van der Waals surface area contributed by atoms with E-state index in [0.29, 0.717) is 0 Å². The van der Waals surface area contributed by atoms with E-state index in [-0.39, 0.29) is 0 Å². The topological polar surface area (TPSA) is 15.7 Å². The lowest BCUT2D eigenvalue weighted by atomic mass is 9.91. The van der Waals surface area contributed by atoms with Crippen molar-refractivity contribution in [2.75, 3.05) is 9.80 Å². The predicted octanol–water partition coefficient (Wildman–Crippen LogP) is 12.2. The van der Waals surface area contributed by atoms with Crippen LogP contribution in [0.4, 0.5) is 34.1 Å². The van der Waals surface area contributed by atoms with Gasteiger partial charge in [-0.15, -0.1) is 0 Å². The molecule has 212 valence electrons. The fourth-order valence-electron chi connectivity index (χ4n) is 6.83. The molecule has 0 amide bonds. The van der Waals surface area contributed by atoms with Crippen molar-refractivity contribution >= 4 is 66.4 Å². The van der Waals surface area contributed by atoms with E-state index < -0.39 is 0 Å². The van der Waals surface area contributed by atoms with Crippen molar-refractivity contribution in [3.8, 4) is 11.5 Å². The lowest BCUT2D eigenvalue weighted by molar-refractivity contribution is 0.493. The molecule has 0 bridgehead atoms. The Hall–Kier alpha value is -6.06. The van der Waals surface area contributed by atoms with Gasteiger partial charge >= 0.3 is 0 Å². The van der Waals surface area contributed by atoms with Crippen molar-refractivity contribution in [2.45, 2.75) is 0 Å². The Bertz CT molecular complexity index is 2260. The Kier molecular flexibility index (Phi) is 5.82. The highest BCUT2D eigenvalue weighted by Gasteiger charge is 2.25. The monoisotopic (exact) mass is 576 g/mol. The molecule has 0 saturated carbocycles. The smallest absolute Gasteiger partial charge is 0.138 e. The highest BCUT2D eigenvalue weighted by Crippen LogP contribution is 2.52. The molecule has 1 heterocycles. The second kappa shape index (κ2) is 10.3. The Labute approximate surface area is 261 Å². The van der Waals surface area contributed by atoms with Crippen LogP contribution in [0.2, 0.25) is 0 Å². The minimum absolute atomic E-state index is 0.876. The maximum Gasteiger partial charge on any atom is 0.138 e. The number of anilines is 6. The summed E-state index contributed by atoms with van der Waals surface area (Å²) < 4.78 is 6.85. The minimum Gasteiger partial charge on any atom is -0.456 e. The van der Waals surface area contributed by atoms with Crippen molar-refractivity contribution in [1.29, 1.82) is 0 Å². The summed E-state index contributed by atoms with van der Waals surface area (Å²) in [6, 6.07) is 60.0. The fraction of sp³-hybridized carbons (Fsp3) is 0. The SMILES string of the molecule is c1ccc(N(c2ccccc2)c2cc3c4c(ccc5cc(N(c6ccccc6)c6ccccc6)c6cccc(c6c54)O3)c2)cc1. The van der Waals surface area contributed by atoms with Crippen molar-refractivity contribution in [1.82, 2.24) is 0 Å². The van der Waals surface area contributed by atoms with Crippen LogP contribution in [-0.2, 0) is 0 Å². The van der Waals surface area contributed by atoms with Gasteiger partial charge < -0.3 is 14.5 Å². The van der Waals surface area contributed by atoms with Crippen LogP contribution in [0.15, 0.2) is 170 Å². The first-order valence-corrected chi connectivity index (χ1v) is 15.3. The highest BCUT2D eigenvalue weighted by atomic mass is 16.5. The van der Waals surface area contributed by atoms with Crippen molar-refractivity contribution < 1.29 is 4.74 Å². The Morgan fingerprint density at radius 2 is 0.844 bits per heavy atom. The molecule has 0 radical (unpaired) electrons. The zero-order chi connectivity index (χ0) is 29.7. The molecule has 9 rings (SSSR count). The van der Waals surface area contributed by atoms with Crippen molar-refractivity contribution in [2.24, 2.45) is 0 Å². The molecule has 1 aliphatic rings. The van der Waals surface area contributed by atoms with E-state index in [1.165, 1.54) is 10.8 Å². The maximum atomic E-state index is 6.85.